The molecule has 2 aromatic carbocycles. The van der Waals surface area contributed by atoms with E-state index in [0.29, 0.717) is 0 Å². The van der Waals surface area contributed by atoms with E-state index in [2.05, 4.69) is 69.4 Å². The zero-order chi connectivity index (χ0) is 23.9. The molecule has 6 nitrogen and oxygen atoms in total. The highest BCUT2D eigenvalue weighted by atomic mass is 16.5. The maximum atomic E-state index is 5.47. The molecule has 1 fully saturated rings. The molecule has 0 atom stereocenters. The van der Waals surface area contributed by atoms with Gasteiger partial charge < -0.3 is 14.2 Å². The minimum absolute atomic E-state index is 0.785. The van der Waals surface area contributed by atoms with Crippen molar-refractivity contribution in [1.29, 1.82) is 0 Å². The lowest BCUT2D eigenvalue weighted by Crippen LogP contribution is -2.29. The molecule has 0 aliphatic carbocycles. The van der Waals surface area contributed by atoms with Crippen LogP contribution in [0.2, 0.25) is 0 Å². The first-order chi connectivity index (χ1) is 17.3. The van der Waals surface area contributed by atoms with Crippen LogP contribution in [0.25, 0.3) is 5.69 Å². The Kier molecular flexibility index (Phi) is 7.39. The molecule has 35 heavy (non-hydrogen) atoms. The molecule has 3 heterocycles. The van der Waals surface area contributed by atoms with Crippen molar-refractivity contribution < 1.29 is 4.74 Å². The maximum absolute atomic E-state index is 5.47. The number of hydrogen-bond acceptors (Lipinski definition) is 5. The Labute approximate surface area is 207 Å². The molecule has 4 aromatic rings. The van der Waals surface area contributed by atoms with Gasteiger partial charge in [-0.3, -0.25) is 9.88 Å². The van der Waals surface area contributed by atoms with Crippen LogP contribution in [0.1, 0.15) is 36.1 Å². The zero-order valence-corrected chi connectivity index (χ0v) is 20.4. The molecule has 1 saturated heterocycles. The minimum atomic E-state index is 0.785. The first-order valence-electron chi connectivity index (χ1n) is 12.4. The van der Waals surface area contributed by atoms with Crippen LogP contribution in [0.3, 0.4) is 0 Å². The van der Waals surface area contributed by atoms with Gasteiger partial charge in [-0.1, -0.05) is 30.7 Å². The van der Waals surface area contributed by atoms with Gasteiger partial charge in [0.1, 0.15) is 5.75 Å². The molecule has 0 radical (unpaired) electrons. The Morgan fingerprint density at radius 1 is 0.886 bits per heavy atom. The van der Waals surface area contributed by atoms with Gasteiger partial charge in [0, 0.05) is 49.6 Å². The van der Waals surface area contributed by atoms with Crippen molar-refractivity contribution in [3.8, 4) is 11.4 Å². The number of likely N-dealkylation sites (tertiary alicyclic amines) is 1. The minimum Gasteiger partial charge on any atom is -0.497 e. The van der Waals surface area contributed by atoms with Crippen LogP contribution in [0.15, 0.2) is 85.6 Å². The lowest BCUT2D eigenvalue weighted by Gasteiger charge is -2.28. The van der Waals surface area contributed by atoms with Crippen LogP contribution in [0.4, 0.5) is 5.69 Å². The Balaban J connectivity index is 1.39. The Morgan fingerprint density at radius 3 is 2.49 bits per heavy atom. The van der Waals surface area contributed by atoms with Crippen molar-refractivity contribution in [2.45, 2.75) is 38.9 Å². The van der Waals surface area contributed by atoms with E-state index in [0.717, 1.165) is 36.8 Å². The number of ether oxygens (including phenoxy) is 1. The first kappa shape index (κ1) is 23.1. The van der Waals surface area contributed by atoms with Crippen molar-refractivity contribution in [1.82, 2.24) is 19.4 Å². The van der Waals surface area contributed by atoms with Crippen LogP contribution >= 0.6 is 0 Å². The zero-order valence-electron chi connectivity index (χ0n) is 20.4. The predicted octanol–water partition coefficient (Wildman–Crippen LogP) is 5.47. The topological polar surface area (TPSA) is 46.4 Å². The highest BCUT2D eigenvalue weighted by molar-refractivity contribution is 5.49. The van der Waals surface area contributed by atoms with Gasteiger partial charge >= 0.3 is 0 Å². The van der Waals surface area contributed by atoms with E-state index < -0.39 is 0 Å². The van der Waals surface area contributed by atoms with Crippen molar-refractivity contribution >= 4 is 5.69 Å². The van der Waals surface area contributed by atoms with Gasteiger partial charge in [0.2, 0.25) is 0 Å². The molecule has 0 unspecified atom stereocenters. The molecule has 180 valence electrons. The second-order valence-electron chi connectivity index (χ2n) is 9.19. The van der Waals surface area contributed by atoms with Gasteiger partial charge in [0.05, 0.1) is 19.1 Å². The summed E-state index contributed by atoms with van der Waals surface area (Å²) in [6, 6.07) is 21.4. The summed E-state index contributed by atoms with van der Waals surface area (Å²) >= 11 is 0. The normalized spacial score (nSPS) is 14.1. The first-order valence-corrected chi connectivity index (χ1v) is 12.4. The van der Waals surface area contributed by atoms with Crippen molar-refractivity contribution in [3.05, 3.63) is 102 Å². The smallest absolute Gasteiger partial charge is 0.119 e. The van der Waals surface area contributed by atoms with Gasteiger partial charge in [-0.05, 0) is 73.5 Å². The van der Waals surface area contributed by atoms with E-state index in [-0.39, 0.29) is 0 Å². The summed E-state index contributed by atoms with van der Waals surface area (Å²) in [7, 11) is 1.72. The fraction of sp³-hybridized carbons (Fsp3) is 0.310. The maximum Gasteiger partial charge on any atom is 0.119 e. The summed E-state index contributed by atoms with van der Waals surface area (Å²) in [6.07, 6.45) is 11.5. The number of anilines is 1. The third-order valence-electron chi connectivity index (χ3n) is 6.62. The molecule has 1 aliphatic heterocycles. The lowest BCUT2D eigenvalue weighted by molar-refractivity contribution is 0.218. The van der Waals surface area contributed by atoms with Crippen LogP contribution in [-0.2, 0) is 19.6 Å². The highest BCUT2D eigenvalue weighted by Gasteiger charge is 2.14. The third kappa shape index (κ3) is 6.08. The molecule has 5 rings (SSSR count). The molecular weight excluding hydrogens is 434 g/mol. The summed E-state index contributed by atoms with van der Waals surface area (Å²) in [5.74, 6) is 0.882. The van der Waals surface area contributed by atoms with E-state index >= 15 is 0 Å². The summed E-state index contributed by atoms with van der Waals surface area (Å²) in [6.45, 7) is 4.84. The average Bonchev–Trinajstić information content (AvgIpc) is 3.45. The van der Waals surface area contributed by atoms with E-state index in [4.69, 9.17) is 9.72 Å². The number of piperidine rings is 1. The molecule has 0 bridgehead atoms. The van der Waals surface area contributed by atoms with Crippen molar-refractivity contribution in [2.75, 3.05) is 25.1 Å². The second kappa shape index (κ2) is 11.2. The number of benzene rings is 2. The standard InChI is InChI=1S/C29H33N5O/c1-35-29-7-5-6-25(18-29)21-34(20-24-8-10-27(11-9-24)33-17-14-30-23-33)28-12-13-31-26(19-28)22-32-15-3-2-4-16-32/h5-14,17-19,23H,2-4,15-16,20-22H2,1H3. The molecule has 0 amide bonds. The van der Waals surface area contributed by atoms with Gasteiger partial charge in [-0.25, -0.2) is 4.98 Å². The fourth-order valence-electron chi connectivity index (χ4n) is 4.73. The van der Waals surface area contributed by atoms with Crippen molar-refractivity contribution in [2.24, 2.45) is 0 Å². The number of methoxy groups -OCH3 is 1. The van der Waals surface area contributed by atoms with Crippen LogP contribution in [-0.4, -0.2) is 39.6 Å². The number of hydrogen-bond donors (Lipinski definition) is 0. The molecule has 0 saturated carbocycles. The van der Waals surface area contributed by atoms with Crippen LogP contribution in [0, 0.1) is 0 Å². The number of aromatic nitrogens is 3. The van der Waals surface area contributed by atoms with E-state index in [1.807, 2.05) is 29.4 Å². The molecule has 0 spiro atoms. The van der Waals surface area contributed by atoms with E-state index in [9.17, 15) is 0 Å². The fourth-order valence-corrected chi connectivity index (χ4v) is 4.73. The van der Waals surface area contributed by atoms with Gasteiger partial charge in [-0.15, -0.1) is 0 Å². The highest BCUT2D eigenvalue weighted by Crippen LogP contribution is 2.24. The van der Waals surface area contributed by atoms with Crippen LogP contribution in [0.5, 0.6) is 5.75 Å². The summed E-state index contributed by atoms with van der Waals surface area (Å²) in [4.78, 5) is 13.8. The summed E-state index contributed by atoms with van der Waals surface area (Å²) in [5, 5.41) is 0. The molecule has 2 aromatic heterocycles. The van der Waals surface area contributed by atoms with Gasteiger partial charge in [0.15, 0.2) is 0 Å². The van der Waals surface area contributed by atoms with Crippen molar-refractivity contribution in [3.63, 3.8) is 0 Å². The molecular formula is C29H33N5O. The Hall–Kier alpha value is -3.64. The Bertz CT molecular complexity index is 1200. The van der Waals surface area contributed by atoms with Gasteiger partial charge in [0.25, 0.3) is 0 Å². The van der Waals surface area contributed by atoms with E-state index in [1.165, 1.54) is 49.2 Å². The third-order valence-corrected chi connectivity index (χ3v) is 6.62. The largest absolute Gasteiger partial charge is 0.497 e. The number of pyridine rings is 1. The molecule has 1 aliphatic rings. The number of rotatable bonds is 9. The SMILES string of the molecule is COc1cccc(CN(Cc2ccc(-n3ccnc3)cc2)c2ccnc(CN3CCCCC3)c2)c1. The number of nitrogens with zero attached hydrogens (tertiary/aromatic N) is 5. The van der Waals surface area contributed by atoms with Crippen LogP contribution < -0.4 is 9.64 Å². The Morgan fingerprint density at radius 2 is 1.71 bits per heavy atom. The van der Waals surface area contributed by atoms with E-state index in [1.54, 1.807) is 13.3 Å². The second-order valence-corrected chi connectivity index (χ2v) is 9.19. The van der Waals surface area contributed by atoms with Gasteiger partial charge in [-0.2, -0.15) is 0 Å². The molecule has 6 heteroatoms. The predicted molar refractivity (Wildman–Crippen MR) is 140 cm³/mol. The number of imidazole rings is 1. The average molecular weight is 468 g/mol. The summed E-state index contributed by atoms with van der Waals surface area (Å²) < 4.78 is 7.49. The quantitative estimate of drug-likeness (QED) is 0.327. The lowest BCUT2D eigenvalue weighted by atomic mass is 10.1. The monoisotopic (exact) mass is 467 g/mol. The molecule has 0 N–H and O–H groups in total. The summed E-state index contributed by atoms with van der Waals surface area (Å²) in [5.41, 5.74) is 5.90.